The Morgan fingerprint density at radius 3 is 2.92 bits per heavy atom. The van der Waals surface area contributed by atoms with E-state index in [-0.39, 0.29) is 0 Å². The van der Waals surface area contributed by atoms with E-state index >= 15 is 0 Å². The molecule has 0 amide bonds. The molecule has 0 N–H and O–H groups in total. The van der Waals surface area contributed by atoms with Crippen molar-refractivity contribution in [2.24, 2.45) is 0 Å². The van der Waals surface area contributed by atoms with Gasteiger partial charge in [0.2, 0.25) is 0 Å². The molecule has 0 saturated heterocycles. The van der Waals surface area contributed by atoms with Gasteiger partial charge in [-0.1, -0.05) is 12.1 Å². The van der Waals surface area contributed by atoms with E-state index in [9.17, 15) is 0 Å². The molecule has 1 radical (unpaired) electrons. The summed E-state index contributed by atoms with van der Waals surface area (Å²) in [6.45, 7) is 0.543. The van der Waals surface area contributed by atoms with Crippen molar-refractivity contribution < 1.29 is 4.74 Å². The zero-order valence-corrected chi connectivity index (χ0v) is 7.75. The molecule has 0 saturated carbocycles. The van der Waals surface area contributed by atoms with Gasteiger partial charge in [0.25, 0.3) is 0 Å². The Morgan fingerprint density at radius 2 is 2.23 bits per heavy atom. The van der Waals surface area contributed by atoms with Crippen LogP contribution in [0, 0.1) is 6.07 Å². The van der Waals surface area contributed by atoms with Gasteiger partial charge < -0.3 is 4.74 Å². The third-order valence-corrected chi connectivity index (χ3v) is 2.29. The van der Waals surface area contributed by atoms with Gasteiger partial charge in [-0.2, -0.15) is 0 Å². The van der Waals surface area contributed by atoms with Gasteiger partial charge in [0, 0.05) is 11.6 Å². The maximum Gasteiger partial charge on any atom is 0.140 e. The minimum Gasteiger partial charge on any atom is -0.486 e. The molecule has 0 atom stereocenters. The summed E-state index contributed by atoms with van der Waals surface area (Å²) in [5.41, 5.74) is 0. The van der Waals surface area contributed by atoms with Crippen LogP contribution in [-0.4, -0.2) is 4.98 Å². The molecule has 1 aromatic heterocycles. The van der Waals surface area contributed by atoms with Crippen molar-refractivity contribution in [3.05, 3.63) is 46.9 Å². The Kier molecular flexibility index (Phi) is 2.57. The Labute approximate surface area is 80.8 Å². The van der Waals surface area contributed by atoms with E-state index < -0.39 is 0 Å². The molecule has 2 aromatic rings. The van der Waals surface area contributed by atoms with Gasteiger partial charge in [-0.25, -0.2) is 4.98 Å². The number of benzene rings is 1. The lowest BCUT2D eigenvalue weighted by molar-refractivity contribution is 0.305. The van der Waals surface area contributed by atoms with Crippen molar-refractivity contribution in [1.82, 2.24) is 4.98 Å². The van der Waals surface area contributed by atoms with Gasteiger partial charge in [-0.15, -0.1) is 11.3 Å². The van der Waals surface area contributed by atoms with E-state index in [1.165, 1.54) is 0 Å². The van der Waals surface area contributed by atoms with E-state index in [0.717, 1.165) is 10.8 Å². The lowest BCUT2D eigenvalue weighted by Gasteiger charge is -2.01. The Balaban J connectivity index is 1.94. The molecule has 65 valence electrons. The smallest absolute Gasteiger partial charge is 0.140 e. The lowest BCUT2D eigenvalue weighted by Crippen LogP contribution is -1.93. The Hall–Kier alpha value is -1.35. The molecule has 3 heteroatoms. The van der Waals surface area contributed by atoms with Gasteiger partial charge >= 0.3 is 0 Å². The topological polar surface area (TPSA) is 22.1 Å². The summed E-state index contributed by atoms with van der Waals surface area (Å²) >= 11 is 1.60. The number of hydrogen-bond donors (Lipinski definition) is 0. The van der Waals surface area contributed by atoms with Gasteiger partial charge in [0.05, 0.1) is 0 Å². The highest BCUT2D eigenvalue weighted by Gasteiger charge is 1.95. The SMILES string of the molecule is [c]1ccc(OCc2nccs2)cc1. The minimum atomic E-state index is 0.543. The largest absolute Gasteiger partial charge is 0.486 e. The first kappa shape index (κ1) is 8.26. The molecule has 0 unspecified atom stereocenters. The first-order valence-electron chi connectivity index (χ1n) is 3.92. The normalized spacial score (nSPS) is 9.85. The van der Waals surface area contributed by atoms with Crippen LogP contribution in [0.3, 0.4) is 0 Å². The molecule has 1 heterocycles. The van der Waals surface area contributed by atoms with Gasteiger partial charge in [-0.05, 0) is 18.2 Å². The number of nitrogens with zero attached hydrogens (tertiary/aromatic N) is 1. The second-order valence-electron chi connectivity index (χ2n) is 2.45. The van der Waals surface area contributed by atoms with Crippen LogP contribution < -0.4 is 4.74 Å². The summed E-state index contributed by atoms with van der Waals surface area (Å²) in [5, 5.41) is 2.94. The number of thiazole rings is 1. The van der Waals surface area contributed by atoms with Crippen LogP contribution in [0.1, 0.15) is 5.01 Å². The zero-order valence-electron chi connectivity index (χ0n) is 6.93. The van der Waals surface area contributed by atoms with Crippen molar-refractivity contribution in [1.29, 1.82) is 0 Å². The molecule has 2 nitrogen and oxygen atoms in total. The van der Waals surface area contributed by atoms with Gasteiger partial charge in [0.15, 0.2) is 0 Å². The predicted octanol–water partition coefficient (Wildman–Crippen LogP) is 2.52. The van der Waals surface area contributed by atoms with E-state index in [2.05, 4.69) is 11.1 Å². The summed E-state index contributed by atoms with van der Waals surface area (Å²) in [7, 11) is 0. The van der Waals surface area contributed by atoms with Crippen molar-refractivity contribution in [2.75, 3.05) is 0 Å². The third kappa shape index (κ3) is 2.29. The summed E-state index contributed by atoms with van der Waals surface area (Å²) in [6.07, 6.45) is 1.78. The van der Waals surface area contributed by atoms with E-state index in [1.807, 2.05) is 29.6 Å². The average Bonchev–Trinajstić information content (AvgIpc) is 2.69. The van der Waals surface area contributed by atoms with Crippen LogP contribution >= 0.6 is 11.3 Å². The van der Waals surface area contributed by atoms with Crippen molar-refractivity contribution >= 4 is 11.3 Å². The maximum absolute atomic E-state index is 5.48. The molecular formula is C10H8NOS. The van der Waals surface area contributed by atoms with Crippen LogP contribution in [0.2, 0.25) is 0 Å². The lowest BCUT2D eigenvalue weighted by atomic mass is 10.3. The van der Waals surface area contributed by atoms with Crippen LogP contribution in [0.15, 0.2) is 35.8 Å². The first-order valence-corrected chi connectivity index (χ1v) is 4.80. The van der Waals surface area contributed by atoms with E-state index in [4.69, 9.17) is 4.74 Å². The molecule has 0 aliphatic carbocycles. The molecule has 1 aromatic carbocycles. The van der Waals surface area contributed by atoms with Gasteiger partial charge in [0.1, 0.15) is 17.4 Å². The molecule has 0 bridgehead atoms. The third-order valence-electron chi connectivity index (χ3n) is 1.53. The molecule has 13 heavy (non-hydrogen) atoms. The zero-order chi connectivity index (χ0) is 8.93. The maximum atomic E-state index is 5.48. The van der Waals surface area contributed by atoms with Crippen LogP contribution in [0.5, 0.6) is 5.75 Å². The van der Waals surface area contributed by atoms with Crippen LogP contribution in [0.25, 0.3) is 0 Å². The minimum absolute atomic E-state index is 0.543. The van der Waals surface area contributed by atoms with E-state index in [0.29, 0.717) is 6.61 Å². The second kappa shape index (κ2) is 4.05. The van der Waals surface area contributed by atoms with Crippen molar-refractivity contribution in [3.63, 3.8) is 0 Å². The number of aromatic nitrogens is 1. The fourth-order valence-corrected chi connectivity index (χ4v) is 1.46. The summed E-state index contributed by atoms with van der Waals surface area (Å²) in [5.74, 6) is 0.856. The summed E-state index contributed by atoms with van der Waals surface area (Å²) in [4.78, 5) is 4.12. The number of rotatable bonds is 3. The average molecular weight is 190 g/mol. The molecule has 2 rings (SSSR count). The Morgan fingerprint density at radius 1 is 1.38 bits per heavy atom. The fourth-order valence-electron chi connectivity index (χ4n) is 0.937. The molecule has 0 spiro atoms. The number of ether oxygens (including phenoxy) is 1. The summed E-state index contributed by atoms with van der Waals surface area (Å²) < 4.78 is 5.48. The molecule has 0 fully saturated rings. The second-order valence-corrected chi connectivity index (χ2v) is 3.43. The standard InChI is InChI=1S/C10H8NOS/c1-2-4-9(5-3-1)12-8-10-11-6-7-13-10/h2-7H,8H2. The quantitative estimate of drug-likeness (QED) is 0.742. The highest BCUT2D eigenvalue weighted by molar-refractivity contribution is 7.09. The Bertz CT molecular complexity index is 344. The molecular weight excluding hydrogens is 182 g/mol. The number of hydrogen-bond acceptors (Lipinski definition) is 3. The van der Waals surface area contributed by atoms with Gasteiger partial charge in [-0.3, -0.25) is 0 Å². The highest BCUT2D eigenvalue weighted by Crippen LogP contribution is 2.12. The monoisotopic (exact) mass is 190 g/mol. The summed E-state index contributed by atoms with van der Waals surface area (Å²) in [6, 6.07) is 10.4. The van der Waals surface area contributed by atoms with E-state index in [1.54, 1.807) is 17.5 Å². The van der Waals surface area contributed by atoms with Crippen LogP contribution in [0.4, 0.5) is 0 Å². The molecule has 0 aliphatic rings. The van der Waals surface area contributed by atoms with Crippen LogP contribution in [-0.2, 0) is 6.61 Å². The molecule has 0 aliphatic heterocycles. The van der Waals surface area contributed by atoms with Crippen molar-refractivity contribution in [2.45, 2.75) is 6.61 Å². The first-order chi connectivity index (χ1) is 6.45. The predicted molar refractivity (Wildman–Crippen MR) is 51.7 cm³/mol. The highest BCUT2D eigenvalue weighted by atomic mass is 32.1. The fraction of sp³-hybridized carbons (Fsp3) is 0.100. The van der Waals surface area contributed by atoms with Crippen molar-refractivity contribution in [3.8, 4) is 5.75 Å².